The third-order valence-corrected chi connectivity index (χ3v) is 2.98. The molecule has 1 aromatic carbocycles. The number of carbonyl (C=O) groups is 2. The molecule has 0 aromatic heterocycles. The van der Waals surface area contributed by atoms with Crippen molar-refractivity contribution in [3.63, 3.8) is 0 Å². The number of nitro benzene ring substituents is 1. The summed E-state index contributed by atoms with van der Waals surface area (Å²) in [6.07, 6.45) is 0.185. The van der Waals surface area contributed by atoms with Gasteiger partial charge in [0.2, 0.25) is 0 Å². The highest BCUT2D eigenvalue weighted by Gasteiger charge is 2.33. The van der Waals surface area contributed by atoms with Gasteiger partial charge >= 0.3 is 12.1 Å². The summed E-state index contributed by atoms with van der Waals surface area (Å²) in [6, 6.07) is 0.671. The first-order chi connectivity index (χ1) is 12.1. The minimum atomic E-state index is -4.75. The number of amides is 1. The minimum Gasteiger partial charge on any atom is -0.454 e. The molecule has 0 aliphatic carbocycles. The molecule has 0 saturated heterocycles. The summed E-state index contributed by atoms with van der Waals surface area (Å²) in [5.41, 5.74) is -2.36. The van der Waals surface area contributed by atoms with Gasteiger partial charge in [-0.3, -0.25) is 14.9 Å². The van der Waals surface area contributed by atoms with Crippen molar-refractivity contribution < 1.29 is 32.4 Å². The zero-order valence-electron chi connectivity index (χ0n) is 13.4. The number of terminal acetylenes is 1. The Morgan fingerprint density at radius 2 is 2.08 bits per heavy atom. The number of hydrogen-bond acceptors (Lipinski definition) is 6. The fourth-order valence-corrected chi connectivity index (χ4v) is 1.74. The topological polar surface area (TPSA) is 111 Å². The lowest BCUT2D eigenvalue weighted by Gasteiger charge is -2.15. The lowest BCUT2D eigenvalue weighted by Crippen LogP contribution is -2.34. The molecule has 0 aliphatic heterocycles. The smallest absolute Gasteiger partial charge is 0.416 e. The van der Waals surface area contributed by atoms with Gasteiger partial charge in [0.05, 0.1) is 17.0 Å². The number of rotatable bonds is 7. The van der Waals surface area contributed by atoms with E-state index in [0.29, 0.717) is 12.1 Å². The van der Waals surface area contributed by atoms with E-state index in [2.05, 4.69) is 21.3 Å². The van der Waals surface area contributed by atoms with Crippen LogP contribution in [0.4, 0.5) is 24.5 Å². The average Bonchev–Trinajstić information content (AvgIpc) is 2.56. The van der Waals surface area contributed by atoms with Gasteiger partial charge < -0.3 is 15.4 Å². The summed E-state index contributed by atoms with van der Waals surface area (Å²) < 4.78 is 42.6. The normalized spacial score (nSPS) is 11.8. The molecule has 0 unspecified atom stereocenters. The van der Waals surface area contributed by atoms with Gasteiger partial charge in [0, 0.05) is 6.07 Å². The fraction of sp³-hybridized carbons (Fsp3) is 0.333. The van der Waals surface area contributed by atoms with Crippen molar-refractivity contribution in [1.29, 1.82) is 0 Å². The van der Waals surface area contributed by atoms with E-state index in [-0.39, 0.29) is 12.2 Å². The molecule has 1 atom stereocenters. The molecule has 0 heterocycles. The van der Waals surface area contributed by atoms with Crippen molar-refractivity contribution >= 4 is 23.3 Å². The molecular weight excluding hydrogens is 359 g/mol. The second-order valence-corrected chi connectivity index (χ2v) is 4.94. The standard InChI is InChI=1S/C15H14F3N3O5/c1-3-6-19-13(22)8-26-14(23)9(2)20-11-5-4-10(15(16,17)18)7-12(11)21(24)25/h1,4-5,7,9,20H,6,8H2,2H3,(H,19,22)/t9-/m0/s1. The van der Waals surface area contributed by atoms with Gasteiger partial charge in [-0.2, -0.15) is 13.2 Å². The summed E-state index contributed by atoms with van der Waals surface area (Å²) in [5, 5.41) is 15.6. The first-order valence-electron chi connectivity index (χ1n) is 7.05. The Hall–Kier alpha value is -3.29. The van der Waals surface area contributed by atoms with Crippen LogP contribution in [0.3, 0.4) is 0 Å². The Kier molecular flexibility index (Phi) is 6.95. The number of carbonyl (C=O) groups excluding carboxylic acids is 2. The molecule has 0 spiro atoms. The van der Waals surface area contributed by atoms with E-state index in [9.17, 15) is 32.9 Å². The molecule has 0 bridgehead atoms. The predicted molar refractivity (Wildman–Crippen MR) is 84.0 cm³/mol. The van der Waals surface area contributed by atoms with Crippen LogP contribution in [0.1, 0.15) is 12.5 Å². The maximum absolute atomic E-state index is 12.7. The second-order valence-electron chi connectivity index (χ2n) is 4.94. The van der Waals surface area contributed by atoms with Crippen LogP contribution in [0.25, 0.3) is 0 Å². The Labute approximate surface area is 145 Å². The highest BCUT2D eigenvalue weighted by Crippen LogP contribution is 2.35. The van der Waals surface area contributed by atoms with Crippen LogP contribution in [0.2, 0.25) is 0 Å². The van der Waals surface area contributed by atoms with Crippen LogP contribution in [-0.2, 0) is 20.5 Å². The highest BCUT2D eigenvalue weighted by atomic mass is 19.4. The summed E-state index contributed by atoms with van der Waals surface area (Å²) >= 11 is 0. The third-order valence-electron chi connectivity index (χ3n) is 2.98. The van der Waals surface area contributed by atoms with Gasteiger partial charge in [-0.05, 0) is 19.1 Å². The Bertz CT molecular complexity index is 743. The molecular formula is C15H14F3N3O5. The molecule has 0 fully saturated rings. The van der Waals surface area contributed by atoms with Crippen LogP contribution >= 0.6 is 0 Å². The third kappa shape index (κ3) is 5.97. The Morgan fingerprint density at radius 3 is 2.62 bits per heavy atom. The lowest BCUT2D eigenvalue weighted by molar-refractivity contribution is -0.384. The SMILES string of the molecule is C#CCNC(=O)COC(=O)[C@H](C)Nc1ccc(C(F)(F)F)cc1[N+](=O)[O-]. The maximum Gasteiger partial charge on any atom is 0.416 e. The monoisotopic (exact) mass is 373 g/mol. The summed E-state index contributed by atoms with van der Waals surface area (Å²) in [7, 11) is 0. The van der Waals surface area contributed by atoms with Crippen LogP contribution in [0, 0.1) is 22.5 Å². The second kappa shape index (κ2) is 8.70. The molecule has 8 nitrogen and oxygen atoms in total. The van der Waals surface area contributed by atoms with E-state index in [1.54, 1.807) is 0 Å². The summed E-state index contributed by atoms with van der Waals surface area (Å²) in [4.78, 5) is 33.0. The highest BCUT2D eigenvalue weighted by molar-refractivity contribution is 5.84. The summed E-state index contributed by atoms with van der Waals surface area (Å²) in [5.74, 6) is 0.561. The largest absolute Gasteiger partial charge is 0.454 e. The molecule has 140 valence electrons. The zero-order chi connectivity index (χ0) is 19.9. The zero-order valence-corrected chi connectivity index (χ0v) is 13.4. The van der Waals surface area contributed by atoms with Gasteiger partial charge in [-0.1, -0.05) is 5.92 Å². The van der Waals surface area contributed by atoms with Crippen molar-refractivity contribution in [3.8, 4) is 12.3 Å². The van der Waals surface area contributed by atoms with Crippen LogP contribution in [0.15, 0.2) is 18.2 Å². The predicted octanol–water partition coefficient (Wildman–Crippen LogP) is 1.71. The number of anilines is 1. The Balaban J connectivity index is 2.81. The molecule has 1 amide bonds. The molecule has 0 saturated carbocycles. The van der Waals surface area contributed by atoms with E-state index in [0.717, 1.165) is 6.07 Å². The number of benzene rings is 1. The van der Waals surface area contributed by atoms with Crippen molar-refractivity contribution in [1.82, 2.24) is 5.32 Å². The van der Waals surface area contributed by atoms with Crippen molar-refractivity contribution in [2.75, 3.05) is 18.5 Å². The van der Waals surface area contributed by atoms with Gasteiger partial charge in [-0.25, -0.2) is 4.79 Å². The molecule has 1 aromatic rings. The van der Waals surface area contributed by atoms with E-state index in [4.69, 9.17) is 6.42 Å². The number of nitrogens with zero attached hydrogens (tertiary/aromatic N) is 1. The maximum atomic E-state index is 12.7. The first-order valence-corrected chi connectivity index (χ1v) is 7.05. The number of halogens is 3. The van der Waals surface area contributed by atoms with Gasteiger partial charge in [-0.15, -0.1) is 6.42 Å². The fourth-order valence-electron chi connectivity index (χ4n) is 1.74. The van der Waals surface area contributed by atoms with Crippen LogP contribution < -0.4 is 10.6 Å². The average molecular weight is 373 g/mol. The lowest BCUT2D eigenvalue weighted by atomic mass is 10.1. The van der Waals surface area contributed by atoms with Crippen molar-refractivity contribution in [2.24, 2.45) is 0 Å². The number of alkyl halides is 3. The minimum absolute atomic E-state index is 0.0536. The van der Waals surface area contributed by atoms with Gasteiger partial charge in [0.15, 0.2) is 6.61 Å². The van der Waals surface area contributed by atoms with E-state index in [1.807, 2.05) is 0 Å². The van der Waals surface area contributed by atoms with Gasteiger partial charge in [0.25, 0.3) is 11.6 Å². The van der Waals surface area contributed by atoms with Crippen molar-refractivity contribution in [3.05, 3.63) is 33.9 Å². The summed E-state index contributed by atoms with van der Waals surface area (Å²) in [6.45, 7) is 0.590. The van der Waals surface area contributed by atoms with E-state index < -0.39 is 46.9 Å². The van der Waals surface area contributed by atoms with Crippen LogP contribution in [0.5, 0.6) is 0 Å². The quantitative estimate of drug-likeness (QED) is 0.326. The number of esters is 1. The molecule has 1 rings (SSSR count). The number of ether oxygens (including phenoxy) is 1. The molecule has 11 heteroatoms. The molecule has 0 aliphatic rings. The Morgan fingerprint density at radius 1 is 1.42 bits per heavy atom. The number of nitrogens with one attached hydrogen (secondary N) is 2. The first kappa shape index (κ1) is 20.8. The molecule has 2 N–H and O–H groups in total. The van der Waals surface area contributed by atoms with Crippen LogP contribution in [-0.4, -0.2) is 36.0 Å². The molecule has 26 heavy (non-hydrogen) atoms. The van der Waals surface area contributed by atoms with Crippen molar-refractivity contribution in [2.45, 2.75) is 19.1 Å². The van der Waals surface area contributed by atoms with Gasteiger partial charge in [0.1, 0.15) is 11.7 Å². The number of hydrogen-bond donors (Lipinski definition) is 2. The van der Waals surface area contributed by atoms with E-state index >= 15 is 0 Å². The molecule has 0 radical (unpaired) electrons. The number of nitro groups is 1. The van der Waals surface area contributed by atoms with E-state index in [1.165, 1.54) is 6.92 Å².